The van der Waals surface area contributed by atoms with Crippen LogP contribution >= 0.6 is 0 Å². The molecule has 0 atom stereocenters. The molecule has 1 aliphatic rings. The van der Waals surface area contributed by atoms with E-state index >= 15 is 0 Å². The molecular weight excluding hydrogens is 314 g/mol. The van der Waals surface area contributed by atoms with E-state index in [1.165, 1.54) is 18.6 Å². The SMILES string of the molecule is CC(C)CNS(=O)(=O)c1ccc(NC(=O)N2CCCCC2)cc1. The van der Waals surface area contributed by atoms with Gasteiger partial charge in [-0.3, -0.25) is 0 Å². The van der Waals surface area contributed by atoms with Crippen molar-refractivity contribution in [3.8, 4) is 0 Å². The summed E-state index contributed by atoms with van der Waals surface area (Å²) >= 11 is 0. The van der Waals surface area contributed by atoms with Crippen molar-refractivity contribution in [2.24, 2.45) is 5.92 Å². The lowest BCUT2D eigenvalue weighted by atomic mass is 10.1. The molecular formula is C16H25N3O3S. The fourth-order valence-electron chi connectivity index (χ4n) is 2.38. The molecule has 2 rings (SSSR count). The fraction of sp³-hybridized carbons (Fsp3) is 0.562. The summed E-state index contributed by atoms with van der Waals surface area (Å²) in [5.41, 5.74) is 0.600. The molecule has 1 heterocycles. The molecule has 0 aliphatic carbocycles. The van der Waals surface area contributed by atoms with Gasteiger partial charge in [0.05, 0.1) is 4.90 Å². The monoisotopic (exact) mass is 339 g/mol. The Morgan fingerprint density at radius 2 is 1.74 bits per heavy atom. The lowest BCUT2D eigenvalue weighted by molar-refractivity contribution is 0.200. The molecule has 1 saturated heterocycles. The number of hydrogen-bond acceptors (Lipinski definition) is 3. The van der Waals surface area contributed by atoms with E-state index in [0.29, 0.717) is 12.2 Å². The number of nitrogens with zero attached hydrogens (tertiary/aromatic N) is 1. The molecule has 0 spiro atoms. The number of carbonyl (C=O) groups is 1. The number of nitrogens with one attached hydrogen (secondary N) is 2. The van der Waals surface area contributed by atoms with E-state index in [1.807, 2.05) is 13.8 Å². The second-order valence-electron chi connectivity index (χ2n) is 6.25. The van der Waals surface area contributed by atoms with Crippen LogP contribution in [0.1, 0.15) is 33.1 Å². The minimum Gasteiger partial charge on any atom is -0.325 e. The summed E-state index contributed by atoms with van der Waals surface area (Å²) in [7, 11) is -3.49. The normalized spacial score (nSPS) is 15.7. The highest BCUT2D eigenvalue weighted by Crippen LogP contribution is 2.16. The Hall–Kier alpha value is -1.60. The number of piperidine rings is 1. The van der Waals surface area contributed by atoms with Gasteiger partial charge in [0.1, 0.15) is 0 Å². The average Bonchev–Trinajstić information content (AvgIpc) is 2.54. The average molecular weight is 339 g/mol. The van der Waals surface area contributed by atoms with Crippen LogP contribution in [0.2, 0.25) is 0 Å². The lowest BCUT2D eigenvalue weighted by Crippen LogP contribution is -2.38. The van der Waals surface area contributed by atoms with Crippen LogP contribution < -0.4 is 10.0 Å². The summed E-state index contributed by atoms with van der Waals surface area (Å²) in [4.78, 5) is 14.1. The summed E-state index contributed by atoms with van der Waals surface area (Å²) in [6.45, 7) is 5.84. The standard InChI is InChI=1S/C16H25N3O3S/c1-13(2)12-17-23(21,22)15-8-6-14(7-9-15)18-16(20)19-10-4-3-5-11-19/h6-9,13,17H,3-5,10-12H2,1-2H3,(H,18,20). The number of amides is 2. The maximum absolute atomic E-state index is 12.1. The zero-order valence-corrected chi connectivity index (χ0v) is 14.5. The third kappa shape index (κ3) is 5.21. The molecule has 7 heteroatoms. The van der Waals surface area contributed by atoms with Gasteiger partial charge >= 0.3 is 6.03 Å². The molecule has 2 N–H and O–H groups in total. The van der Waals surface area contributed by atoms with E-state index in [4.69, 9.17) is 0 Å². The Bertz CT molecular complexity index is 620. The van der Waals surface area contributed by atoms with Crippen LogP contribution in [0.15, 0.2) is 29.2 Å². The molecule has 6 nitrogen and oxygen atoms in total. The third-order valence-corrected chi connectivity index (χ3v) is 5.18. The first kappa shape index (κ1) is 17.7. The second-order valence-corrected chi connectivity index (χ2v) is 8.01. The first-order valence-electron chi connectivity index (χ1n) is 8.04. The topological polar surface area (TPSA) is 78.5 Å². The largest absolute Gasteiger partial charge is 0.325 e. The molecule has 0 saturated carbocycles. The highest BCUT2D eigenvalue weighted by atomic mass is 32.2. The van der Waals surface area contributed by atoms with Gasteiger partial charge in [-0.2, -0.15) is 0 Å². The van der Waals surface area contributed by atoms with Gasteiger partial charge in [-0.05, 0) is 49.4 Å². The molecule has 128 valence electrons. The van der Waals surface area contributed by atoms with Crippen molar-refractivity contribution in [2.75, 3.05) is 25.0 Å². The van der Waals surface area contributed by atoms with E-state index in [-0.39, 0.29) is 16.8 Å². The van der Waals surface area contributed by atoms with Gasteiger partial charge < -0.3 is 10.2 Å². The molecule has 1 aromatic rings. The van der Waals surface area contributed by atoms with Gasteiger partial charge in [0, 0.05) is 25.3 Å². The predicted octanol–water partition coefficient (Wildman–Crippen LogP) is 2.64. The van der Waals surface area contributed by atoms with E-state index in [9.17, 15) is 13.2 Å². The summed E-state index contributed by atoms with van der Waals surface area (Å²) in [6, 6.07) is 6.12. The number of benzene rings is 1. The lowest BCUT2D eigenvalue weighted by Gasteiger charge is -2.26. The number of rotatable bonds is 5. The number of sulfonamides is 1. The van der Waals surface area contributed by atoms with Crippen LogP contribution in [0.4, 0.5) is 10.5 Å². The van der Waals surface area contributed by atoms with E-state index < -0.39 is 10.0 Å². The van der Waals surface area contributed by atoms with Crippen molar-refractivity contribution in [2.45, 2.75) is 38.0 Å². The van der Waals surface area contributed by atoms with E-state index in [2.05, 4.69) is 10.0 Å². The van der Waals surface area contributed by atoms with Gasteiger partial charge in [0.2, 0.25) is 10.0 Å². The van der Waals surface area contributed by atoms with E-state index in [1.54, 1.807) is 17.0 Å². The Kier molecular flexibility index (Phi) is 6.01. The minimum atomic E-state index is -3.49. The van der Waals surface area contributed by atoms with Crippen molar-refractivity contribution in [3.05, 3.63) is 24.3 Å². The molecule has 1 aliphatic heterocycles. The zero-order valence-electron chi connectivity index (χ0n) is 13.7. The number of likely N-dealkylation sites (tertiary alicyclic amines) is 1. The van der Waals surface area contributed by atoms with Gasteiger partial charge in [0.25, 0.3) is 0 Å². The molecule has 1 aromatic carbocycles. The Balaban J connectivity index is 1.97. The maximum atomic E-state index is 12.1. The number of hydrogen-bond donors (Lipinski definition) is 2. The predicted molar refractivity (Wildman–Crippen MR) is 90.9 cm³/mol. The van der Waals surface area contributed by atoms with Crippen molar-refractivity contribution in [1.82, 2.24) is 9.62 Å². The molecule has 1 fully saturated rings. The number of urea groups is 1. The highest BCUT2D eigenvalue weighted by Gasteiger charge is 2.17. The first-order chi connectivity index (χ1) is 10.9. The number of anilines is 1. The fourth-order valence-corrected chi connectivity index (χ4v) is 3.59. The Labute approximate surface area is 138 Å². The molecule has 0 bridgehead atoms. The van der Waals surface area contributed by atoms with Crippen molar-refractivity contribution >= 4 is 21.7 Å². The van der Waals surface area contributed by atoms with Gasteiger partial charge in [-0.1, -0.05) is 13.8 Å². The summed E-state index contributed by atoms with van der Waals surface area (Å²) < 4.78 is 26.8. The molecule has 2 amide bonds. The number of carbonyl (C=O) groups excluding carboxylic acids is 1. The first-order valence-corrected chi connectivity index (χ1v) is 9.52. The zero-order chi connectivity index (χ0) is 16.9. The van der Waals surface area contributed by atoms with E-state index in [0.717, 1.165) is 25.9 Å². The van der Waals surface area contributed by atoms with Crippen LogP contribution in [0, 0.1) is 5.92 Å². The van der Waals surface area contributed by atoms with Gasteiger partial charge in [-0.15, -0.1) is 0 Å². The summed E-state index contributed by atoms with van der Waals surface area (Å²) in [6.07, 6.45) is 3.23. The van der Waals surface area contributed by atoms with Crippen molar-refractivity contribution in [3.63, 3.8) is 0 Å². The molecule has 0 aromatic heterocycles. The maximum Gasteiger partial charge on any atom is 0.321 e. The van der Waals surface area contributed by atoms with Crippen LogP contribution in [0.5, 0.6) is 0 Å². The molecule has 0 unspecified atom stereocenters. The van der Waals surface area contributed by atoms with Crippen LogP contribution in [0.25, 0.3) is 0 Å². The third-order valence-electron chi connectivity index (χ3n) is 3.74. The quantitative estimate of drug-likeness (QED) is 0.865. The van der Waals surface area contributed by atoms with Gasteiger partial charge in [0.15, 0.2) is 0 Å². The summed E-state index contributed by atoms with van der Waals surface area (Å²) in [5, 5.41) is 2.81. The van der Waals surface area contributed by atoms with Crippen LogP contribution in [0.3, 0.4) is 0 Å². The minimum absolute atomic E-state index is 0.127. The smallest absolute Gasteiger partial charge is 0.321 e. The van der Waals surface area contributed by atoms with Crippen molar-refractivity contribution in [1.29, 1.82) is 0 Å². The Morgan fingerprint density at radius 3 is 2.30 bits per heavy atom. The van der Waals surface area contributed by atoms with Crippen LogP contribution in [-0.2, 0) is 10.0 Å². The van der Waals surface area contributed by atoms with Gasteiger partial charge in [-0.25, -0.2) is 17.9 Å². The summed E-state index contributed by atoms with van der Waals surface area (Å²) in [5.74, 6) is 0.243. The van der Waals surface area contributed by atoms with Crippen molar-refractivity contribution < 1.29 is 13.2 Å². The highest BCUT2D eigenvalue weighted by molar-refractivity contribution is 7.89. The molecule has 0 radical (unpaired) electrons. The molecule has 23 heavy (non-hydrogen) atoms. The second kappa shape index (κ2) is 7.79. The van der Waals surface area contributed by atoms with Crippen LogP contribution in [-0.4, -0.2) is 39.0 Å². The Morgan fingerprint density at radius 1 is 1.13 bits per heavy atom.